The third kappa shape index (κ3) is 2.73. The van der Waals surface area contributed by atoms with Crippen molar-refractivity contribution in [1.29, 1.82) is 0 Å². The highest BCUT2D eigenvalue weighted by Gasteiger charge is 2.34. The maximum atomic E-state index is 12.6. The molecule has 0 spiro atoms. The Hall–Kier alpha value is -1.88. The zero-order chi connectivity index (χ0) is 15.7. The van der Waals surface area contributed by atoms with Gasteiger partial charge in [0.05, 0.1) is 0 Å². The number of fused-ring (bicyclic) bond motifs is 1. The van der Waals surface area contributed by atoms with E-state index in [-0.39, 0.29) is 5.91 Å². The van der Waals surface area contributed by atoms with E-state index in [1.54, 1.807) is 0 Å². The van der Waals surface area contributed by atoms with E-state index in [1.165, 1.54) is 16.0 Å². The van der Waals surface area contributed by atoms with E-state index in [0.29, 0.717) is 18.5 Å². The number of likely N-dealkylation sites (tertiary alicyclic amines) is 1. The molecule has 1 saturated heterocycles. The first-order valence-electron chi connectivity index (χ1n) is 7.98. The molecule has 22 heavy (non-hydrogen) atoms. The standard InChI is InChI=1S/C17H22N2O3/c1-2-7-18-10-13-6-5-12(9-14(13)11-18)16(20)19-8-3-4-15(19)17(21)22/h5-6,9,15H,2-4,7-8,10-11H2,1H3,(H,21,22). The van der Waals surface area contributed by atoms with Crippen LogP contribution in [0, 0.1) is 0 Å². The summed E-state index contributed by atoms with van der Waals surface area (Å²) in [6, 6.07) is 5.14. The summed E-state index contributed by atoms with van der Waals surface area (Å²) in [5.74, 6) is -1.05. The summed E-state index contributed by atoms with van der Waals surface area (Å²) in [6.45, 7) is 5.59. The van der Waals surface area contributed by atoms with E-state index >= 15 is 0 Å². The van der Waals surface area contributed by atoms with Gasteiger partial charge in [-0.15, -0.1) is 0 Å². The topological polar surface area (TPSA) is 60.9 Å². The molecule has 1 atom stereocenters. The number of rotatable bonds is 4. The third-order valence-electron chi connectivity index (χ3n) is 4.58. The summed E-state index contributed by atoms with van der Waals surface area (Å²) in [5, 5.41) is 9.23. The Labute approximate surface area is 130 Å². The van der Waals surface area contributed by atoms with Crippen LogP contribution >= 0.6 is 0 Å². The monoisotopic (exact) mass is 302 g/mol. The van der Waals surface area contributed by atoms with Crippen LogP contribution in [0.25, 0.3) is 0 Å². The fourth-order valence-corrected chi connectivity index (χ4v) is 3.50. The maximum absolute atomic E-state index is 12.6. The Kier molecular flexibility index (Phi) is 4.16. The zero-order valence-electron chi connectivity index (χ0n) is 12.9. The fourth-order valence-electron chi connectivity index (χ4n) is 3.50. The van der Waals surface area contributed by atoms with Gasteiger partial charge in [-0.3, -0.25) is 9.69 Å². The van der Waals surface area contributed by atoms with Crippen LogP contribution in [0.2, 0.25) is 0 Å². The smallest absolute Gasteiger partial charge is 0.326 e. The average Bonchev–Trinajstić information content (AvgIpc) is 3.12. The van der Waals surface area contributed by atoms with E-state index in [1.807, 2.05) is 18.2 Å². The largest absolute Gasteiger partial charge is 0.480 e. The second-order valence-corrected chi connectivity index (χ2v) is 6.19. The predicted molar refractivity (Wildman–Crippen MR) is 82.5 cm³/mol. The highest BCUT2D eigenvalue weighted by molar-refractivity contribution is 5.97. The molecule has 0 bridgehead atoms. The quantitative estimate of drug-likeness (QED) is 0.925. The molecule has 0 aromatic heterocycles. The van der Waals surface area contributed by atoms with Gasteiger partial charge in [-0.05, 0) is 49.1 Å². The summed E-state index contributed by atoms with van der Waals surface area (Å²) < 4.78 is 0. The first-order chi connectivity index (χ1) is 10.6. The molecule has 1 aromatic carbocycles. The number of hydrogen-bond donors (Lipinski definition) is 1. The molecule has 3 rings (SSSR count). The highest BCUT2D eigenvalue weighted by Crippen LogP contribution is 2.26. The SMILES string of the molecule is CCCN1Cc2ccc(C(=O)N3CCCC3C(=O)O)cc2C1. The van der Waals surface area contributed by atoms with Crippen molar-refractivity contribution in [3.63, 3.8) is 0 Å². The molecule has 1 amide bonds. The van der Waals surface area contributed by atoms with Crippen molar-refractivity contribution in [3.05, 3.63) is 34.9 Å². The molecule has 5 heteroatoms. The van der Waals surface area contributed by atoms with Gasteiger partial charge in [0.25, 0.3) is 5.91 Å². The van der Waals surface area contributed by atoms with Gasteiger partial charge in [0.15, 0.2) is 0 Å². The van der Waals surface area contributed by atoms with E-state index in [9.17, 15) is 14.7 Å². The Bertz CT molecular complexity index is 600. The number of carboxylic acid groups (broad SMARTS) is 1. The van der Waals surface area contributed by atoms with Gasteiger partial charge in [-0.1, -0.05) is 13.0 Å². The lowest BCUT2D eigenvalue weighted by atomic mass is 10.1. The van der Waals surface area contributed by atoms with Crippen LogP contribution in [0.3, 0.4) is 0 Å². The van der Waals surface area contributed by atoms with Gasteiger partial charge >= 0.3 is 5.97 Å². The van der Waals surface area contributed by atoms with Crippen molar-refractivity contribution in [2.45, 2.75) is 45.3 Å². The zero-order valence-corrected chi connectivity index (χ0v) is 12.9. The lowest BCUT2D eigenvalue weighted by molar-refractivity contribution is -0.141. The second kappa shape index (κ2) is 6.08. The Morgan fingerprint density at radius 1 is 1.27 bits per heavy atom. The average molecular weight is 302 g/mol. The van der Waals surface area contributed by atoms with Crippen molar-refractivity contribution < 1.29 is 14.7 Å². The van der Waals surface area contributed by atoms with Crippen LogP contribution < -0.4 is 0 Å². The van der Waals surface area contributed by atoms with Crippen LogP contribution in [0.5, 0.6) is 0 Å². The minimum atomic E-state index is -0.902. The van der Waals surface area contributed by atoms with Gasteiger partial charge in [-0.25, -0.2) is 4.79 Å². The molecule has 2 heterocycles. The second-order valence-electron chi connectivity index (χ2n) is 6.19. The molecular formula is C17H22N2O3. The Balaban J connectivity index is 1.78. The molecular weight excluding hydrogens is 280 g/mol. The van der Waals surface area contributed by atoms with Gasteiger partial charge in [-0.2, -0.15) is 0 Å². The van der Waals surface area contributed by atoms with Gasteiger partial charge in [0, 0.05) is 25.2 Å². The molecule has 5 nitrogen and oxygen atoms in total. The summed E-state index contributed by atoms with van der Waals surface area (Å²) in [7, 11) is 0. The molecule has 2 aliphatic heterocycles. The number of carbonyl (C=O) groups excluding carboxylic acids is 1. The van der Waals surface area contributed by atoms with Crippen molar-refractivity contribution in [3.8, 4) is 0 Å². The number of amides is 1. The molecule has 0 saturated carbocycles. The number of hydrogen-bond acceptors (Lipinski definition) is 3. The molecule has 0 radical (unpaired) electrons. The van der Waals surface area contributed by atoms with Gasteiger partial charge in [0.1, 0.15) is 6.04 Å². The number of aliphatic carboxylic acids is 1. The van der Waals surface area contributed by atoms with Crippen molar-refractivity contribution >= 4 is 11.9 Å². The number of carboxylic acids is 1. The molecule has 1 unspecified atom stereocenters. The van der Waals surface area contributed by atoms with Crippen LogP contribution in [0.4, 0.5) is 0 Å². The number of nitrogens with zero attached hydrogens (tertiary/aromatic N) is 2. The Morgan fingerprint density at radius 2 is 2.05 bits per heavy atom. The van der Waals surface area contributed by atoms with Crippen LogP contribution in [-0.4, -0.2) is 45.9 Å². The number of carbonyl (C=O) groups is 2. The summed E-state index contributed by atoms with van der Waals surface area (Å²) in [5.41, 5.74) is 3.09. The lowest BCUT2D eigenvalue weighted by Gasteiger charge is -2.21. The number of benzene rings is 1. The first kappa shape index (κ1) is 15.0. The van der Waals surface area contributed by atoms with Crippen LogP contribution in [0.1, 0.15) is 47.7 Å². The van der Waals surface area contributed by atoms with Crippen LogP contribution in [0.15, 0.2) is 18.2 Å². The summed E-state index contributed by atoms with van der Waals surface area (Å²) in [6.07, 6.45) is 2.43. The van der Waals surface area contributed by atoms with E-state index in [2.05, 4.69) is 11.8 Å². The molecule has 118 valence electrons. The van der Waals surface area contributed by atoms with Crippen molar-refractivity contribution in [1.82, 2.24) is 9.80 Å². The lowest BCUT2D eigenvalue weighted by Crippen LogP contribution is -2.40. The summed E-state index contributed by atoms with van der Waals surface area (Å²) in [4.78, 5) is 27.7. The van der Waals surface area contributed by atoms with Crippen molar-refractivity contribution in [2.75, 3.05) is 13.1 Å². The Morgan fingerprint density at radius 3 is 2.77 bits per heavy atom. The maximum Gasteiger partial charge on any atom is 0.326 e. The van der Waals surface area contributed by atoms with E-state index < -0.39 is 12.0 Å². The first-order valence-corrected chi connectivity index (χ1v) is 7.98. The van der Waals surface area contributed by atoms with Gasteiger partial charge < -0.3 is 10.0 Å². The minimum Gasteiger partial charge on any atom is -0.480 e. The molecule has 0 aliphatic carbocycles. The normalized spacial score (nSPS) is 21.1. The highest BCUT2D eigenvalue weighted by atomic mass is 16.4. The molecule has 1 N–H and O–H groups in total. The van der Waals surface area contributed by atoms with E-state index in [0.717, 1.165) is 32.5 Å². The fraction of sp³-hybridized carbons (Fsp3) is 0.529. The molecule has 2 aliphatic rings. The van der Waals surface area contributed by atoms with Gasteiger partial charge in [0.2, 0.25) is 0 Å². The van der Waals surface area contributed by atoms with E-state index in [4.69, 9.17) is 0 Å². The molecule has 1 fully saturated rings. The van der Waals surface area contributed by atoms with Crippen molar-refractivity contribution in [2.24, 2.45) is 0 Å². The minimum absolute atomic E-state index is 0.151. The third-order valence-corrected chi connectivity index (χ3v) is 4.58. The molecule has 1 aromatic rings. The predicted octanol–water partition coefficient (Wildman–Crippen LogP) is 2.10. The summed E-state index contributed by atoms with van der Waals surface area (Å²) >= 11 is 0. The van der Waals surface area contributed by atoms with Crippen LogP contribution in [-0.2, 0) is 17.9 Å².